The van der Waals surface area contributed by atoms with Crippen LogP contribution in [0.15, 0.2) is 28.7 Å². The number of carbonyl (C=O) groups is 2. The van der Waals surface area contributed by atoms with Crippen molar-refractivity contribution in [1.29, 1.82) is 0 Å². The summed E-state index contributed by atoms with van der Waals surface area (Å²) in [5, 5.41) is 22.2. The highest BCUT2D eigenvalue weighted by Gasteiger charge is 2.27. The predicted octanol–water partition coefficient (Wildman–Crippen LogP) is 2.77. The summed E-state index contributed by atoms with van der Waals surface area (Å²) in [6, 6.07) is 7.11. The Balaban J connectivity index is 1.82. The van der Waals surface area contributed by atoms with Crippen LogP contribution < -0.4 is 5.32 Å². The van der Waals surface area contributed by atoms with Gasteiger partial charge < -0.3 is 20.4 Å². The molecular formula is C17H23BrN2O4. The monoisotopic (exact) mass is 398 g/mol. The number of amides is 2. The van der Waals surface area contributed by atoms with Gasteiger partial charge in [-0.1, -0.05) is 34.1 Å². The van der Waals surface area contributed by atoms with Crippen molar-refractivity contribution in [1.82, 2.24) is 10.2 Å². The number of halogens is 1. The van der Waals surface area contributed by atoms with Crippen molar-refractivity contribution in [3.8, 4) is 0 Å². The van der Waals surface area contributed by atoms with Crippen LogP contribution in [0.5, 0.6) is 0 Å². The minimum absolute atomic E-state index is 0.00356. The minimum Gasteiger partial charge on any atom is -0.481 e. The van der Waals surface area contributed by atoms with Crippen molar-refractivity contribution in [2.24, 2.45) is 5.92 Å². The number of hydrogen-bond donors (Lipinski definition) is 3. The second-order valence-corrected chi connectivity index (χ2v) is 7.11. The summed E-state index contributed by atoms with van der Waals surface area (Å²) < 4.78 is 0.804. The number of carbonyl (C=O) groups excluding carboxylic acids is 1. The van der Waals surface area contributed by atoms with Crippen LogP contribution in [0, 0.1) is 5.92 Å². The molecule has 0 radical (unpaired) electrons. The quantitative estimate of drug-likeness (QED) is 0.710. The van der Waals surface area contributed by atoms with Crippen molar-refractivity contribution in [3.05, 3.63) is 34.3 Å². The van der Waals surface area contributed by atoms with Gasteiger partial charge in [0.15, 0.2) is 0 Å². The molecule has 1 saturated carbocycles. The third-order valence-corrected chi connectivity index (χ3v) is 5.18. The molecule has 2 amide bonds. The Hall–Kier alpha value is -1.60. The molecule has 6 nitrogen and oxygen atoms in total. The van der Waals surface area contributed by atoms with Crippen LogP contribution in [0.2, 0.25) is 0 Å². The molecule has 24 heavy (non-hydrogen) atoms. The maximum atomic E-state index is 12.3. The zero-order valence-corrected chi connectivity index (χ0v) is 15.2. The van der Waals surface area contributed by atoms with E-state index in [0.29, 0.717) is 25.7 Å². The second kappa shape index (κ2) is 8.48. The summed E-state index contributed by atoms with van der Waals surface area (Å²) in [5.41, 5.74) is 0.735. The van der Waals surface area contributed by atoms with E-state index in [1.54, 1.807) is 7.05 Å². The van der Waals surface area contributed by atoms with Gasteiger partial charge in [-0.3, -0.25) is 4.79 Å². The van der Waals surface area contributed by atoms with Gasteiger partial charge in [-0.05, 0) is 37.3 Å². The van der Waals surface area contributed by atoms with Crippen molar-refractivity contribution >= 4 is 27.9 Å². The smallest absolute Gasteiger partial charge is 0.317 e. The van der Waals surface area contributed by atoms with E-state index in [1.807, 2.05) is 24.3 Å². The molecule has 0 spiro atoms. The fraction of sp³-hybridized carbons (Fsp3) is 0.529. The molecule has 132 valence electrons. The van der Waals surface area contributed by atoms with Crippen LogP contribution in [0.3, 0.4) is 0 Å². The number of nitrogens with zero attached hydrogens (tertiary/aromatic N) is 1. The lowest BCUT2D eigenvalue weighted by Crippen LogP contribution is -2.46. The standard InChI is InChI=1S/C17H23BrN2O4/c1-20(10-15(21)13-4-2-3-5-14(13)18)17(24)19-12-8-6-11(7-9-12)16(22)23/h2-5,11-12,15,21H,6-10H2,1H3,(H,19,24)(H,22,23). The van der Waals surface area contributed by atoms with Crippen LogP contribution in [0.4, 0.5) is 4.79 Å². The summed E-state index contributed by atoms with van der Waals surface area (Å²) in [6.45, 7) is 0.179. The van der Waals surface area contributed by atoms with E-state index in [4.69, 9.17) is 5.11 Å². The van der Waals surface area contributed by atoms with Gasteiger partial charge in [0.1, 0.15) is 0 Å². The second-order valence-electron chi connectivity index (χ2n) is 6.25. The highest BCUT2D eigenvalue weighted by atomic mass is 79.9. The summed E-state index contributed by atoms with van der Waals surface area (Å²) in [4.78, 5) is 24.7. The lowest BCUT2D eigenvalue weighted by atomic mass is 9.86. The van der Waals surface area contributed by atoms with E-state index in [0.717, 1.165) is 10.0 Å². The molecule has 1 aliphatic carbocycles. The first-order valence-corrected chi connectivity index (χ1v) is 8.84. The fourth-order valence-electron chi connectivity index (χ4n) is 2.96. The lowest BCUT2D eigenvalue weighted by Gasteiger charge is -2.29. The molecule has 0 heterocycles. The first-order valence-electron chi connectivity index (χ1n) is 8.05. The highest BCUT2D eigenvalue weighted by Crippen LogP contribution is 2.25. The third kappa shape index (κ3) is 4.95. The van der Waals surface area contributed by atoms with Gasteiger partial charge in [0.05, 0.1) is 18.6 Å². The molecule has 7 heteroatoms. The SMILES string of the molecule is CN(CC(O)c1ccccc1Br)C(=O)NC1CCC(C(=O)O)CC1. The van der Waals surface area contributed by atoms with Crippen LogP contribution in [0.25, 0.3) is 0 Å². The van der Waals surface area contributed by atoms with E-state index in [9.17, 15) is 14.7 Å². The molecule has 0 saturated heterocycles. The zero-order valence-electron chi connectivity index (χ0n) is 13.6. The minimum atomic E-state index is -0.779. The molecule has 0 aliphatic heterocycles. The number of carboxylic acids is 1. The highest BCUT2D eigenvalue weighted by molar-refractivity contribution is 9.10. The Morgan fingerprint density at radius 1 is 1.29 bits per heavy atom. The Kier molecular flexibility index (Phi) is 6.62. The number of hydrogen-bond acceptors (Lipinski definition) is 3. The number of rotatable bonds is 5. The normalized spacial score (nSPS) is 21.8. The fourth-order valence-corrected chi connectivity index (χ4v) is 3.50. The van der Waals surface area contributed by atoms with Gasteiger partial charge in [0.2, 0.25) is 0 Å². The van der Waals surface area contributed by atoms with Crippen LogP contribution in [-0.4, -0.2) is 46.7 Å². The van der Waals surface area contributed by atoms with Gasteiger partial charge in [0, 0.05) is 17.6 Å². The van der Waals surface area contributed by atoms with Crippen molar-refractivity contribution in [2.75, 3.05) is 13.6 Å². The molecular weight excluding hydrogens is 376 g/mol. The number of likely N-dealkylation sites (N-methyl/N-ethyl adjacent to an activating group) is 1. The predicted molar refractivity (Wildman–Crippen MR) is 93.6 cm³/mol. The number of aliphatic hydroxyl groups excluding tert-OH is 1. The number of nitrogens with one attached hydrogen (secondary N) is 1. The number of aliphatic carboxylic acids is 1. The summed E-state index contributed by atoms with van der Waals surface area (Å²) in [6.07, 6.45) is 1.74. The van der Waals surface area contributed by atoms with Crippen LogP contribution in [-0.2, 0) is 4.79 Å². The Labute approximate surface area is 150 Å². The molecule has 0 aromatic heterocycles. The van der Waals surface area contributed by atoms with E-state index in [1.165, 1.54) is 4.90 Å². The lowest BCUT2D eigenvalue weighted by molar-refractivity contribution is -0.142. The average Bonchev–Trinajstić information content (AvgIpc) is 2.55. The Bertz CT molecular complexity index is 588. The molecule has 1 atom stereocenters. The maximum Gasteiger partial charge on any atom is 0.317 e. The van der Waals surface area contributed by atoms with Crippen LogP contribution in [0.1, 0.15) is 37.4 Å². The molecule has 1 fully saturated rings. The van der Waals surface area contributed by atoms with Crippen molar-refractivity contribution in [3.63, 3.8) is 0 Å². The largest absolute Gasteiger partial charge is 0.481 e. The molecule has 1 aromatic carbocycles. The summed E-state index contributed by atoms with van der Waals surface area (Å²) >= 11 is 3.39. The number of aliphatic hydroxyl groups is 1. The molecule has 2 rings (SSSR count). The van der Waals surface area contributed by atoms with E-state index in [2.05, 4.69) is 21.2 Å². The molecule has 1 aromatic rings. The number of urea groups is 1. The third-order valence-electron chi connectivity index (χ3n) is 4.46. The van der Waals surface area contributed by atoms with Gasteiger partial charge in [-0.15, -0.1) is 0 Å². The van der Waals surface area contributed by atoms with Gasteiger partial charge in [-0.25, -0.2) is 4.79 Å². The van der Waals surface area contributed by atoms with Gasteiger partial charge >= 0.3 is 12.0 Å². The first kappa shape index (κ1) is 18.7. The number of carboxylic acid groups (broad SMARTS) is 1. The topological polar surface area (TPSA) is 89.9 Å². The van der Waals surface area contributed by atoms with Crippen LogP contribution >= 0.6 is 15.9 Å². The van der Waals surface area contributed by atoms with Gasteiger partial charge in [0.25, 0.3) is 0 Å². The molecule has 0 bridgehead atoms. The molecule has 3 N–H and O–H groups in total. The molecule has 1 aliphatic rings. The Morgan fingerprint density at radius 3 is 2.50 bits per heavy atom. The van der Waals surface area contributed by atoms with E-state index >= 15 is 0 Å². The summed E-state index contributed by atoms with van der Waals surface area (Å²) in [5.74, 6) is -1.05. The maximum absolute atomic E-state index is 12.3. The van der Waals surface area contributed by atoms with Crippen molar-refractivity contribution < 1.29 is 19.8 Å². The first-order chi connectivity index (χ1) is 11.4. The van der Waals surface area contributed by atoms with Gasteiger partial charge in [-0.2, -0.15) is 0 Å². The number of benzene rings is 1. The Morgan fingerprint density at radius 2 is 1.92 bits per heavy atom. The zero-order chi connectivity index (χ0) is 17.7. The van der Waals surface area contributed by atoms with Crippen molar-refractivity contribution in [2.45, 2.75) is 37.8 Å². The molecule has 1 unspecified atom stereocenters. The summed E-state index contributed by atoms with van der Waals surface area (Å²) in [7, 11) is 1.64. The average molecular weight is 399 g/mol. The van der Waals surface area contributed by atoms with E-state index < -0.39 is 12.1 Å². The van der Waals surface area contributed by atoms with E-state index in [-0.39, 0.29) is 24.5 Å².